The van der Waals surface area contributed by atoms with Gasteiger partial charge >= 0.3 is 5.97 Å². The number of hydrogen-bond donors (Lipinski definition) is 1. The third-order valence-corrected chi connectivity index (χ3v) is 3.71. The maximum atomic E-state index is 12.1. The zero-order chi connectivity index (χ0) is 18.4. The molecule has 0 saturated heterocycles. The highest BCUT2D eigenvalue weighted by Gasteiger charge is 2.10. The van der Waals surface area contributed by atoms with Crippen LogP contribution >= 0.6 is 0 Å². The molecule has 1 aromatic heterocycles. The first-order chi connectivity index (χ1) is 12.6. The Morgan fingerprint density at radius 3 is 2.38 bits per heavy atom. The van der Waals surface area contributed by atoms with Crippen LogP contribution in [-0.4, -0.2) is 23.6 Å². The Hall–Kier alpha value is -3.41. The second-order valence-electron chi connectivity index (χ2n) is 5.72. The fraction of sp³-hybridized carbons (Fsp3) is 0.150. The molecule has 0 bridgehead atoms. The number of amides is 1. The lowest BCUT2D eigenvalue weighted by Gasteiger charge is -2.06. The Balaban J connectivity index is 1.49. The molecule has 1 amide bonds. The van der Waals surface area contributed by atoms with Gasteiger partial charge in [0.2, 0.25) is 0 Å². The number of nitrogens with zero attached hydrogens (tertiary/aromatic N) is 1. The molecule has 6 heteroatoms. The van der Waals surface area contributed by atoms with Crippen LogP contribution in [-0.2, 0) is 16.1 Å². The van der Waals surface area contributed by atoms with Gasteiger partial charge in [0.15, 0.2) is 0 Å². The molecule has 1 N–H and O–H groups in total. The van der Waals surface area contributed by atoms with Crippen molar-refractivity contribution in [1.29, 1.82) is 0 Å². The van der Waals surface area contributed by atoms with Gasteiger partial charge in [-0.15, -0.1) is 0 Å². The van der Waals surface area contributed by atoms with E-state index in [0.717, 1.165) is 11.1 Å². The van der Waals surface area contributed by atoms with Crippen molar-refractivity contribution in [3.63, 3.8) is 0 Å². The summed E-state index contributed by atoms with van der Waals surface area (Å²) in [5.74, 6) is -0.234. The number of ether oxygens (including phenoxy) is 1. The Morgan fingerprint density at radius 1 is 1.04 bits per heavy atom. The van der Waals surface area contributed by atoms with Crippen LogP contribution in [0.5, 0.6) is 0 Å². The van der Waals surface area contributed by atoms with E-state index in [1.807, 2.05) is 42.5 Å². The summed E-state index contributed by atoms with van der Waals surface area (Å²) in [6.07, 6.45) is 0. The molecule has 0 aliphatic carbocycles. The highest BCUT2D eigenvalue weighted by Crippen LogP contribution is 2.19. The summed E-state index contributed by atoms with van der Waals surface area (Å²) in [7, 11) is 0. The average molecular weight is 350 g/mol. The van der Waals surface area contributed by atoms with E-state index in [1.54, 1.807) is 25.1 Å². The third kappa shape index (κ3) is 4.57. The monoisotopic (exact) mass is 350 g/mol. The predicted molar refractivity (Wildman–Crippen MR) is 95.2 cm³/mol. The molecule has 2 aromatic carbocycles. The van der Waals surface area contributed by atoms with Crippen LogP contribution in [0, 0.1) is 6.92 Å². The molecule has 0 fully saturated rings. The lowest BCUT2D eigenvalue weighted by Crippen LogP contribution is -2.30. The van der Waals surface area contributed by atoms with E-state index in [9.17, 15) is 9.59 Å². The minimum atomic E-state index is -0.542. The van der Waals surface area contributed by atoms with Crippen molar-refractivity contribution in [2.75, 3.05) is 6.54 Å². The van der Waals surface area contributed by atoms with Crippen LogP contribution in [0.25, 0.3) is 11.1 Å². The standard InChI is InChI=1S/C20H18N2O4/c1-14-11-18(22-26-14)13-25-19(23)12-21-20(24)17-9-7-16(8-10-17)15-5-3-2-4-6-15/h2-11H,12-13H2,1H3,(H,21,24). The summed E-state index contributed by atoms with van der Waals surface area (Å²) in [6, 6.07) is 18.7. The molecular weight excluding hydrogens is 332 g/mol. The second-order valence-corrected chi connectivity index (χ2v) is 5.72. The highest BCUT2D eigenvalue weighted by molar-refractivity contribution is 5.96. The third-order valence-electron chi connectivity index (χ3n) is 3.71. The normalized spacial score (nSPS) is 10.3. The largest absolute Gasteiger partial charge is 0.458 e. The number of hydrogen-bond acceptors (Lipinski definition) is 5. The van der Waals surface area contributed by atoms with E-state index in [0.29, 0.717) is 17.0 Å². The molecule has 0 unspecified atom stereocenters. The second kappa shape index (κ2) is 8.11. The molecule has 26 heavy (non-hydrogen) atoms. The summed E-state index contributed by atoms with van der Waals surface area (Å²) >= 11 is 0. The fourth-order valence-corrected chi connectivity index (χ4v) is 2.39. The first-order valence-corrected chi connectivity index (χ1v) is 8.13. The number of aryl methyl sites for hydroxylation is 1. The Bertz CT molecular complexity index is 886. The van der Waals surface area contributed by atoms with Gasteiger partial charge < -0.3 is 14.6 Å². The van der Waals surface area contributed by atoms with Gasteiger partial charge in [-0.05, 0) is 30.2 Å². The molecule has 132 valence electrons. The van der Waals surface area contributed by atoms with Crippen molar-refractivity contribution in [2.45, 2.75) is 13.5 Å². The molecular formula is C20H18N2O4. The molecule has 0 radical (unpaired) electrons. The molecule has 0 aliphatic rings. The van der Waals surface area contributed by atoms with Gasteiger partial charge in [-0.3, -0.25) is 9.59 Å². The van der Waals surface area contributed by atoms with Gasteiger partial charge in [0.25, 0.3) is 5.91 Å². The summed E-state index contributed by atoms with van der Waals surface area (Å²) < 4.78 is 9.91. The lowest BCUT2D eigenvalue weighted by atomic mass is 10.0. The SMILES string of the molecule is Cc1cc(COC(=O)CNC(=O)c2ccc(-c3ccccc3)cc2)no1. The van der Waals surface area contributed by atoms with Crippen LogP contribution in [0.15, 0.2) is 65.2 Å². The molecule has 0 saturated carbocycles. The van der Waals surface area contributed by atoms with Gasteiger partial charge in [0, 0.05) is 11.6 Å². The van der Waals surface area contributed by atoms with Crippen LogP contribution in [0.2, 0.25) is 0 Å². The molecule has 3 aromatic rings. The van der Waals surface area contributed by atoms with Crippen molar-refractivity contribution < 1.29 is 18.8 Å². The topological polar surface area (TPSA) is 81.4 Å². The Morgan fingerprint density at radius 2 is 1.73 bits per heavy atom. The number of nitrogens with one attached hydrogen (secondary N) is 1. The fourth-order valence-electron chi connectivity index (χ4n) is 2.39. The van der Waals surface area contributed by atoms with E-state index in [-0.39, 0.29) is 19.1 Å². The number of carbonyl (C=O) groups excluding carboxylic acids is 2. The van der Waals surface area contributed by atoms with Gasteiger partial charge in [0.05, 0.1) is 0 Å². The highest BCUT2D eigenvalue weighted by atomic mass is 16.5. The van der Waals surface area contributed by atoms with Crippen LogP contribution in [0.3, 0.4) is 0 Å². The van der Waals surface area contributed by atoms with Gasteiger partial charge in [0.1, 0.15) is 24.6 Å². The van der Waals surface area contributed by atoms with Gasteiger partial charge in [-0.1, -0.05) is 47.6 Å². The molecule has 6 nitrogen and oxygen atoms in total. The number of benzene rings is 2. The zero-order valence-electron chi connectivity index (χ0n) is 14.3. The molecule has 3 rings (SSSR count). The predicted octanol–water partition coefficient (Wildman–Crippen LogP) is 3.12. The van der Waals surface area contributed by atoms with Crippen molar-refractivity contribution in [2.24, 2.45) is 0 Å². The zero-order valence-corrected chi connectivity index (χ0v) is 14.3. The molecule has 0 atom stereocenters. The first kappa shape index (κ1) is 17.4. The number of aromatic nitrogens is 1. The van der Waals surface area contributed by atoms with Crippen molar-refractivity contribution >= 4 is 11.9 Å². The maximum absolute atomic E-state index is 12.1. The summed E-state index contributed by atoms with van der Waals surface area (Å²) in [4.78, 5) is 23.8. The Kier molecular flexibility index (Phi) is 5.43. The van der Waals surface area contributed by atoms with Gasteiger partial charge in [-0.25, -0.2) is 0 Å². The summed E-state index contributed by atoms with van der Waals surface area (Å²) in [6.45, 7) is 1.55. The lowest BCUT2D eigenvalue weighted by molar-refractivity contribution is -0.143. The van der Waals surface area contributed by atoms with Crippen molar-refractivity contribution in [3.05, 3.63) is 77.7 Å². The van der Waals surface area contributed by atoms with E-state index >= 15 is 0 Å². The summed E-state index contributed by atoms with van der Waals surface area (Å²) in [5.41, 5.74) is 3.10. The van der Waals surface area contributed by atoms with E-state index in [2.05, 4.69) is 10.5 Å². The van der Waals surface area contributed by atoms with Crippen molar-refractivity contribution in [1.82, 2.24) is 10.5 Å². The number of rotatable bonds is 6. The molecule has 0 spiro atoms. The van der Waals surface area contributed by atoms with Crippen LogP contribution in [0.4, 0.5) is 0 Å². The number of carbonyl (C=O) groups is 2. The van der Waals surface area contributed by atoms with E-state index in [4.69, 9.17) is 9.26 Å². The minimum absolute atomic E-state index is 0.0117. The Labute approximate surface area is 150 Å². The summed E-state index contributed by atoms with van der Waals surface area (Å²) in [5, 5.41) is 6.27. The number of esters is 1. The molecule has 1 heterocycles. The first-order valence-electron chi connectivity index (χ1n) is 8.13. The maximum Gasteiger partial charge on any atom is 0.325 e. The minimum Gasteiger partial charge on any atom is -0.458 e. The van der Waals surface area contributed by atoms with Gasteiger partial charge in [-0.2, -0.15) is 0 Å². The van der Waals surface area contributed by atoms with E-state index in [1.165, 1.54) is 0 Å². The molecule has 0 aliphatic heterocycles. The van der Waals surface area contributed by atoms with Crippen molar-refractivity contribution in [3.8, 4) is 11.1 Å². The van der Waals surface area contributed by atoms with Crippen LogP contribution in [0.1, 0.15) is 21.8 Å². The van der Waals surface area contributed by atoms with E-state index < -0.39 is 5.97 Å². The smallest absolute Gasteiger partial charge is 0.325 e. The quantitative estimate of drug-likeness (QED) is 0.691. The average Bonchev–Trinajstić information content (AvgIpc) is 3.10. The van der Waals surface area contributed by atoms with Crippen LogP contribution < -0.4 is 5.32 Å².